The number of nitrogens with zero attached hydrogens (tertiary/aromatic N) is 1. The number of carbonyl (C=O) groups excluding carboxylic acids is 1. The summed E-state index contributed by atoms with van der Waals surface area (Å²) in [6.07, 6.45) is -5.44. The Kier molecular flexibility index (Phi) is 9.02. The highest BCUT2D eigenvalue weighted by Crippen LogP contribution is 2.39. The number of esters is 1. The quantitative estimate of drug-likeness (QED) is 0.276. The van der Waals surface area contributed by atoms with E-state index in [1.165, 1.54) is 12.1 Å². The number of halogens is 3. The van der Waals surface area contributed by atoms with E-state index in [9.17, 15) is 23.1 Å². The maximum atomic E-state index is 13.2. The van der Waals surface area contributed by atoms with Gasteiger partial charge in [-0.15, -0.1) is 13.2 Å². The normalized spacial score (nSPS) is 14.5. The zero-order valence-electron chi connectivity index (χ0n) is 22.6. The zero-order valence-corrected chi connectivity index (χ0v) is 22.6. The molecule has 0 aliphatic heterocycles. The van der Waals surface area contributed by atoms with Crippen LogP contribution in [0.25, 0.3) is 22.2 Å². The van der Waals surface area contributed by atoms with Crippen LogP contribution < -0.4 is 9.47 Å². The van der Waals surface area contributed by atoms with Gasteiger partial charge in [0.05, 0.1) is 11.1 Å². The van der Waals surface area contributed by atoms with Crippen LogP contribution in [0.15, 0.2) is 48.5 Å². The molecule has 1 heterocycles. The van der Waals surface area contributed by atoms with Gasteiger partial charge >= 0.3 is 12.3 Å². The van der Waals surface area contributed by atoms with Crippen LogP contribution in [0.5, 0.6) is 11.5 Å². The second-order valence-electron chi connectivity index (χ2n) is 10.6. The van der Waals surface area contributed by atoms with Crippen molar-refractivity contribution in [3.63, 3.8) is 0 Å². The fourth-order valence-corrected chi connectivity index (χ4v) is 4.54. The molecule has 2 aromatic carbocycles. The molecule has 2 atom stereocenters. The van der Waals surface area contributed by atoms with Crippen molar-refractivity contribution in [3.8, 4) is 22.8 Å². The SMILES string of the molecule is CC(C)CC(C)(C(=O)OCC(O)COc1ccc(-c2cc3ccccc3n2C)c(OC(F)(F)F)c1)C(C)C. The van der Waals surface area contributed by atoms with E-state index in [1.54, 1.807) is 17.7 Å². The minimum Gasteiger partial charge on any atom is -0.491 e. The smallest absolute Gasteiger partial charge is 0.491 e. The number of fused-ring (bicyclic) bond motifs is 1. The van der Waals surface area contributed by atoms with Crippen molar-refractivity contribution in [2.45, 2.75) is 53.5 Å². The van der Waals surface area contributed by atoms with Crippen LogP contribution in [0.3, 0.4) is 0 Å². The van der Waals surface area contributed by atoms with Gasteiger partial charge < -0.3 is 23.9 Å². The van der Waals surface area contributed by atoms with Gasteiger partial charge in [-0.05, 0) is 49.4 Å². The molecular weight excluding hydrogens is 499 g/mol. The van der Waals surface area contributed by atoms with E-state index < -0.39 is 29.6 Å². The average molecular weight is 536 g/mol. The molecule has 0 bridgehead atoms. The summed E-state index contributed by atoms with van der Waals surface area (Å²) in [5.74, 6) is -0.431. The number of benzene rings is 2. The number of aromatic nitrogens is 1. The Hall–Kier alpha value is -3.20. The number of carbonyl (C=O) groups is 1. The van der Waals surface area contributed by atoms with E-state index in [4.69, 9.17) is 9.47 Å². The zero-order chi connectivity index (χ0) is 28.3. The summed E-state index contributed by atoms with van der Waals surface area (Å²) < 4.78 is 56.8. The van der Waals surface area contributed by atoms with Gasteiger partial charge in [0, 0.05) is 29.6 Å². The van der Waals surface area contributed by atoms with Crippen molar-refractivity contribution in [3.05, 3.63) is 48.5 Å². The Balaban J connectivity index is 1.73. The number of hydrogen-bond acceptors (Lipinski definition) is 5. The van der Waals surface area contributed by atoms with Gasteiger partial charge in [0.2, 0.25) is 0 Å². The molecule has 0 spiro atoms. The molecule has 0 fully saturated rings. The van der Waals surface area contributed by atoms with Crippen molar-refractivity contribution in [2.75, 3.05) is 13.2 Å². The summed E-state index contributed by atoms with van der Waals surface area (Å²) in [6.45, 7) is 9.23. The van der Waals surface area contributed by atoms with Crippen LogP contribution in [0, 0.1) is 17.3 Å². The highest BCUT2D eigenvalue weighted by Gasteiger charge is 2.39. The first-order chi connectivity index (χ1) is 17.7. The summed E-state index contributed by atoms with van der Waals surface area (Å²) in [5, 5.41) is 11.2. The Morgan fingerprint density at radius 2 is 1.71 bits per heavy atom. The topological polar surface area (TPSA) is 69.9 Å². The Labute approximate surface area is 221 Å². The first-order valence-corrected chi connectivity index (χ1v) is 12.6. The molecular formula is C29H36F3NO5. The number of para-hydroxylation sites is 1. The van der Waals surface area contributed by atoms with Crippen molar-refractivity contribution in [1.29, 1.82) is 0 Å². The lowest BCUT2D eigenvalue weighted by Crippen LogP contribution is -2.38. The fraction of sp³-hybridized carbons (Fsp3) is 0.483. The number of rotatable bonds is 11. The minimum atomic E-state index is -4.91. The molecule has 0 saturated carbocycles. The standard InChI is InChI=1S/C29H36F3NO5/c1-18(2)15-28(5,19(3)4)27(35)37-17-21(34)16-36-22-11-12-23(26(14-22)38-29(30,31)32)25-13-20-9-7-8-10-24(20)33(25)6/h7-14,18-19,21,34H,15-17H2,1-6H3. The Bertz CT molecular complexity index is 1250. The molecule has 1 aromatic heterocycles. The monoisotopic (exact) mass is 535 g/mol. The second-order valence-corrected chi connectivity index (χ2v) is 10.6. The lowest BCUT2D eigenvalue weighted by molar-refractivity contribution is -0.274. The van der Waals surface area contributed by atoms with Gasteiger partial charge in [0.25, 0.3) is 0 Å². The van der Waals surface area contributed by atoms with E-state index in [0.29, 0.717) is 12.1 Å². The van der Waals surface area contributed by atoms with Gasteiger partial charge in [-0.3, -0.25) is 4.79 Å². The van der Waals surface area contributed by atoms with Gasteiger partial charge in [0.15, 0.2) is 0 Å². The largest absolute Gasteiger partial charge is 0.573 e. The van der Waals surface area contributed by atoms with Gasteiger partial charge in [-0.25, -0.2) is 0 Å². The van der Waals surface area contributed by atoms with E-state index in [-0.39, 0.29) is 36.4 Å². The summed E-state index contributed by atoms with van der Waals surface area (Å²) in [7, 11) is 1.77. The van der Waals surface area contributed by atoms with E-state index >= 15 is 0 Å². The van der Waals surface area contributed by atoms with Crippen molar-refractivity contribution >= 4 is 16.9 Å². The molecule has 2 unspecified atom stereocenters. The van der Waals surface area contributed by atoms with Crippen molar-refractivity contribution in [1.82, 2.24) is 4.57 Å². The lowest BCUT2D eigenvalue weighted by Gasteiger charge is -2.33. The number of aliphatic hydroxyl groups is 1. The molecule has 3 rings (SSSR count). The summed E-state index contributed by atoms with van der Waals surface area (Å²) in [5.41, 5.74) is 0.941. The number of alkyl halides is 3. The van der Waals surface area contributed by atoms with Crippen LogP contribution in [0.4, 0.5) is 13.2 Å². The third kappa shape index (κ3) is 7.01. The molecule has 0 radical (unpaired) electrons. The fourth-order valence-electron chi connectivity index (χ4n) is 4.54. The number of hydrogen-bond donors (Lipinski definition) is 1. The molecule has 0 aliphatic carbocycles. The van der Waals surface area contributed by atoms with E-state index in [0.717, 1.165) is 17.0 Å². The molecule has 9 heteroatoms. The van der Waals surface area contributed by atoms with Crippen molar-refractivity contribution in [2.24, 2.45) is 24.3 Å². The highest BCUT2D eigenvalue weighted by atomic mass is 19.4. The van der Waals surface area contributed by atoms with E-state index in [2.05, 4.69) is 4.74 Å². The van der Waals surface area contributed by atoms with Gasteiger partial charge in [0.1, 0.15) is 30.8 Å². The van der Waals surface area contributed by atoms with Crippen LogP contribution in [0.2, 0.25) is 0 Å². The average Bonchev–Trinajstić information content (AvgIpc) is 3.16. The first-order valence-electron chi connectivity index (χ1n) is 12.6. The first kappa shape index (κ1) is 29.4. The summed E-state index contributed by atoms with van der Waals surface area (Å²) in [4.78, 5) is 12.8. The summed E-state index contributed by atoms with van der Waals surface area (Å²) in [6, 6.07) is 13.4. The van der Waals surface area contributed by atoms with Crippen LogP contribution >= 0.6 is 0 Å². The minimum absolute atomic E-state index is 0.0400. The van der Waals surface area contributed by atoms with Crippen LogP contribution in [0.1, 0.15) is 41.0 Å². The number of aryl methyl sites for hydroxylation is 1. The molecule has 3 aromatic rings. The van der Waals surface area contributed by atoms with Crippen LogP contribution in [-0.4, -0.2) is 41.3 Å². The maximum absolute atomic E-state index is 13.2. The van der Waals surface area contributed by atoms with Gasteiger partial charge in [-0.1, -0.05) is 45.9 Å². The molecule has 6 nitrogen and oxygen atoms in total. The Morgan fingerprint density at radius 1 is 1.03 bits per heavy atom. The second kappa shape index (κ2) is 11.7. The Morgan fingerprint density at radius 3 is 2.32 bits per heavy atom. The third-order valence-electron chi connectivity index (χ3n) is 6.83. The predicted octanol–water partition coefficient (Wildman–Crippen LogP) is 6.74. The van der Waals surface area contributed by atoms with E-state index in [1.807, 2.05) is 58.9 Å². The molecule has 0 aliphatic rings. The third-order valence-corrected chi connectivity index (χ3v) is 6.83. The van der Waals surface area contributed by atoms with Gasteiger partial charge in [-0.2, -0.15) is 0 Å². The molecule has 0 saturated heterocycles. The predicted molar refractivity (Wildman–Crippen MR) is 140 cm³/mol. The maximum Gasteiger partial charge on any atom is 0.573 e. The van der Waals surface area contributed by atoms with Crippen LogP contribution in [-0.2, 0) is 16.6 Å². The molecule has 38 heavy (non-hydrogen) atoms. The number of ether oxygens (including phenoxy) is 3. The molecule has 208 valence electrons. The molecule has 0 amide bonds. The summed E-state index contributed by atoms with van der Waals surface area (Å²) >= 11 is 0. The lowest BCUT2D eigenvalue weighted by atomic mass is 9.73. The highest BCUT2D eigenvalue weighted by molar-refractivity contribution is 5.88. The number of aliphatic hydroxyl groups excluding tert-OH is 1. The molecule has 1 N–H and O–H groups in total. The van der Waals surface area contributed by atoms with Crippen molar-refractivity contribution < 1.29 is 37.3 Å².